The lowest BCUT2D eigenvalue weighted by Crippen LogP contribution is -2.22. The fraction of sp³-hybridized carbons (Fsp3) is 0.600. The Morgan fingerprint density at radius 1 is 1.19 bits per heavy atom. The molecule has 120 valence electrons. The molecular weight excluding hydrogens is 283 g/mol. The van der Waals surface area contributed by atoms with Gasteiger partial charge in [0.1, 0.15) is 12.4 Å². The van der Waals surface area contributed by atoms with Gasteiger partial charge in [0.15, 0.2) is 0 Å². The SMILES string of the molecule is CNC(CCOCC(F)(F)F)c1cc(C)c(OC)c(C)c1. The predicted molar refractivity (Wildman–Crippen MR) is 75.8 cm³/mol. The summed E-state index contributed by atoms with van der Waals surface area (Å²) < 4.78 is 46.0. The van der Waals surface area contributed by atoms with E-state index in [-0.39, 0.29) is 12.6 Å². The van der Waals surface area contributed by atoms with E-state index in [4.69, 9.17) is 4.74 Å². The van der Waals surface area contributed by atoms with E-state index in [1.54, 1.807) is 14.2 Å². The van der Waals surface area contributed by atoms with Crippen LogP contribution in [0, 0.1) is 13.8 Å². The Morgan fingerprint density at radius 3 is 2.19 bits per heavy atom. The highest BCUT2D eigenvalue weighted by Crippen LogP contribution is 2.28. The monoisotopic (exact) mass is 305 g/mol. The Kier molecular flexibility index (Phi) is 6.48. The molecule has 0 aliphatic carbocycles. The van der Waals surface area contributed by atoms with E-state index in [1.165, 1.54) is 0 Å². The molecule has 0 bridgehead atoms. The third kappa shape index (κ3) is 5.55. The highest BCUT2D eigenvalue weighted by Gasteiger charge is 2.27. The van der Waals surface area contributed by atoms with Crippen LogP contribution in [0.5, 0.6) is 5.75 Å². The van der Waals surface area contributed by atoms with Crippen molar-refractivity contribution in [3.05, 3.63) is 28.8 Å². The molecule has 0 radical (unpaired) electrons. The van der Waals surface area contributed by atoms with Crippen molar-refractivity contribution in [1.29, 1.82) is 0 Å². The Bertz CT molecular complexity index is 438. The highest BCUT2D eigenvalue weighted by atomic mass is 19.4. The molecule has 1 N–H and O–H groups in total. The summed E-state index contributed by atoms with van der Waals surface area (Å²) in [5, 5.41) is 3.11. The van der Waals surface area contributed by atoms with Crippen LogP contribution in [-0.4, -0.2) is 33.5 Å². The Labute approximate surface area is 123 Å². The Hall–Kier alpha value is -1.27. The van der Waals surface area contributed by atoms with Crippen molar-refractivity contribution in [2.24, 2.45) is 0 Å². The van der Waals surface area contributed by atoms with E-state index < -0.39 is 12.8 Å². The smallest absolute Gasteiger partial charge is 0.411 e. The summed E-state index contributed by atoms with van der Waals surface area (Å²) in [5.74, 6) is 0.835. The van der Waals surface area contributed by atoms with Crippen molar-refractivity contribution >= 4 is 0 Å². The van der Waals surface area contributed by atoms with E-state index in [0.717, 1.165) is 22.4 Å². The molecule has 0 saturated heterocycles. The van der Waals surface area contributed by atoms with E-state index in [1.807, 2.05) is 26.0 Å². The zero-order valence-corrected chi connectivity index (χ0v) is 12.8. The predicted octanol–water partition coefficient (Wildman–Crippen LogP) is 3.54. The summed E-state index contributed by atoms with van der Waals surface area (Å²) in [6, 6.07) is 3.91. The number of aryl methyl sites for hydroxylation is 2. The molecule has 1 aromatic carbocycles. The van der Waals surface area contributed by atoms with E-state index in [2.05, 4.69) is 10.1 Å². The first-order valence-electron chi connectivity index (χ1n) is 6.75. The third-order valence-corrected chi connectivity index (χ3v) is 3.25. The maximum absolute atomic E-state index is 12.0. The maximum atomic E-state index is 12.0. The van der Waals surface area contributed by atoms with Crippen LogP contribution in [0.3, 0.4) is 0 Å². The summed E-state index contributed by atoms with van der Waals surface area (Å²) in [4.78, 5) is 0. The molecule has 0 aliphatic heterocycles. The lowest BCUT2D eigenvalue weighted by molar-refractivity contribution is -0.174. The van der Waals surface area contributed by atoms with Crippen molar-refractivity contribution in [3.8, 4) is 5.75 Å². The topological polar surface area (TPSA) is 30.5 Å². The summed E-state index contributed by atoms with van der Waals surface area (Å²) in [7, 11) is 3.40. The number of ether oxygens (including phenoxy) is 2. The number of hydrogen-bond acceptors (Lipinski definition) is 3. The van der Waals surface area contributed by atoms with Crippen LogP contribution in [0.4, 0.5) is 13.2 Å². The first-order chi connectivity index (χ1) is 9.78. The van der Waals surface area contributed by atoms with Gasteiger partial charge in [0.05, 0.1) is 7.11 Å². The van der Waals surface area contributed by atoms with Gasteiger partial charge in [-0.3, -0.25) is 0 Å². The number of hydrogen-bond donors (Lipinski definition) is 1. The number of benzene rings is 1. The van der Waals surface area contributed by atoms with Gasteiger partial charge in [0.25, 0.3) is 0 Å². The molecule has 0 heterocycles. The van der Waals surface area contributed by atoms with Crippen LogP contribution in [0.1, 0.15) is 29.2 Å². The molecule has 0 aromatic heterocycles. The molecular formula is C15H22F3NO2. The molecule has 3 nitrogen and oxygen atoms in total. The van der Waals surface area contributed by atoms with Crippen molar-refractivity contribution < 1.29 is 22.6 Å². The third-order valence-electron chi connectivity index (χ3n) is 3.25. The van der Waals surface area contributed by atoms with Crippen molar-refractivity contribution in [1.82, 2.24) is 5.32 Å². The van der Waals surface area contributed by atoms with E-state index >= 15 is 0 Å². The van der Waals surface area contributed by atoms with Crippen LogP contribution in [-0.2, 0) is 4.74 Å². The lowest BCUT2D eigenvalue weighted by Gasteiger charge is -2.20. The minimum absolute atomic E-state index is 0.0507. The summed E-state index contributed by atoms with van der Waals surface area (Å²) >= 11 is 0. The minimum atomic E-state index is -4.28. The fourth-order valence-corrected chi connectivity index (χ4v) is 2.37. The normalized spacial score (nSPS) is 13.3. The molecule has 0 saturated carbocycles. The van der Waals surface area contributed by atoms with Gasteiger partial charge in [-0.15, -0.1) is 0 Å². The van der Waals surface area contributed by atoms with Crippen LogP contribution in [0.2, 0.25) is 0 Å². The molecule has 0 aliphatic rings. The van der Waals surface area contributed by atoms with Gasteiger partial charge in [-0.25, -0.2) is 0 Å². The largest absolute Gasteiger partial charge is 0.496 e. The van der Waals surface area contributed by atoms with E-state index in [9.17, 15) is 13.2 Å². The quantitative estimate of drug-likeness (QED) is 0.782. The van der Waals surface area contributed by atoms with Crippen molar-refractivity contribution in [2.75, 3.05) is 27.4 Å². The number of nitrogens with one attached hydrogen (secondary N) is 1. The van der Waals surface area contributed by atoms with Gasteiger partial charge in [0, 0.05) is 12.6 Å². The average molecular weight is 305 g/mol. The van der Waals surface area contributed by atoms with Gasteiger partial charge in [0.2, 0.25) is 0 Å². The van der Waals surface area contributed by atoms with Gasteiger partial charge in [-0.2, -0.15) is 13.2 Å². The summed E-state index contributed by atoms with van der Waals surface area (Å²) in [6.45, 7) is 2.74. The summed E-state index contributed by atoms with van der Waals surface area (Å²) in [6.07, 6.45) is -3.81. The molecule has 1 atom stereocenters. The number of halogens is 3. The van der Waals surface area contributed by atoms with Gasteiger partial charge in [-0.1, -0.05) is 12.1 Å². The van der Waals surface area contributed by atoms with Crippen LogP contribution < -0.4 is 10.1 Å². The average Bonchev–Trinajstić information content (AvgIpc) is 2.37. The molecule has 0 spiro atoms. The maximum Gasteiger partial charge on any atom is 0.411 e. The van der Waals surface area contributed by atoms with Gasteiger partial charge < -0.3 is 14.8 Å². The molecule has 0 amide bonds. The number of methoxy groups -OCH3 is 1. The van der Waals surface area contributed by atoms with Gasteiger partial charge >= 0.3 is 6.18 Å². The Morgan fingerprint density at radius 2 is 1.76 bits per heavy atom. The second-order valence-electron chi connectivity index (χ2n) is 4.99. The van der Waals surface area contributed by atoms with Crippen molar-refractivity contribution in [3.63, 3.8) is 0 Å². The first kappa shape index (κ1) is 17.8. The lowest BCUT2D eigenvalue weighted by atomic mass is 9.98. The Balaban J connectivity index is 2.68. The second kappa shape index (κ2) is 7.66. The zero-order chi connectivity index (χ0) is 16.0. The highest BCUT2D eigenvalue weighted by molar-refractivity contribution is 5.44. The summed E-state index contributed by atoms with van der Waals surface area (Å²) in [5.41, 5.74) is 3.02. The second-order valence-corrected chi connectivity index (χ2v) is 4.99. The van der Waals surface area contributed by atoms with Gasteiger partial charge in [-0.05, 0) is 44.0 Å². The van der Waals surface area contributed by atoms with E-state index in [0.29, 0.717) is 6.42 Å². The number of alkyl halides is 3. The zero-order valence-electron chi connectivity index (χ0n) is 12.8. The minimum Gasteiger partial charge on any atom is -0.496 e. The molecule has 1 aromatic rings. The molecule has 0 fully saturated rings. The van der Waals surface area contributed by atoms with Crippen LogP contribution in [0.15, 0.2) is 12.1 Å². The first-order valence-corrected chi connectivity index (χ1v) is 6.75. The molecule has 21 heavy (non-hydrogen) atoms. The standard InChI is InChI=1S/C15H22F3NO2/c1-10-7-12(8-11(2)14(10)20-4)13(19-3)5-6-21-9-15(16,17)18/h7-8,13,19H,5-6,9H2,1-4H3. The number of rotatable bonds is 7. The molecule has 6 heteroatoms. The van der Waals surface area contributed by atoms with Crippen LogP contribution >= 0.6 is 0 Å². The van der Waals surface area contributed by atoms with Crippen LogP contribution in [0.25, 0.3) is 0 Å². The fourth-order valence-electron chi connectivity index (χ4n) is 2.37. The van der Waals surface area contributed by atoms with Crippen molar-refractivity contribution in [2.45, 2.75) is 32.5 Å². The molecule has 1 rings (SSSR count). The molecule has 1 unspecified atom stereocenters.